The molecule has 2 fully saturated rings. The van der Waals surface area contributed by atoms with Crippen molar-refractivity contribution in [3.05, 3.63) is 70.2 Å². The van der Waals surface area contributed by atoms with Crippen LogP contribution in [0, 0.1) is 11.8 Å². The molecule has 25 heavy (non-hydrogen) atoms. The number of nitrogens with zero attached hydrogens (tertiary/aromatic N) is 1. The van der Waals surface area contributed by atoms with Crippen LogP contribution in [0.25, 0.3) is 0 Å². The molecule has 4 nitrogen and oxygen atoms in total. The van der Waals surface area contributed by atoms with E-state index < -0.39 is 0 Å². The Bertz CT molecular complexity index is 807. The first-order chi connectivity index (χ1) is 12.1. The fraction of sp³-hybridized carbons (Fsp3) is 0.300. The minimum absolute atomic E-state index is 0.0488. The molecule has 2 aliphatic heterocycles. The second-order valence-corrected chi connectivity index (χ2v) is 7.21. The minimum Gasteiger partial charge on any atom is -0.338 e. The Morgan fingerprint density at radius 3 is 2.16 bits per heavy atom. The van der Waals surface area contributed by atoms with E-state index >= 15 is 0 Å². The number of hydrogen-bond acceptors (Lipinski definition) is 3. The smallest absolute Gasteiger partial charge is 0.254 e. The molecule has 2 saturated heterocycles. The van der Waals surface area contributed by atoms with Gasteiger partial charge in [-0.05, 0) is 42.2 Å². The number of fused-ring (bicyclic) bond motifs is 1. The van der Waals surface area contributed by atoms with Gasteiger partial charge in [-0.1, -0.05) is 29.8 Å². The summed E-state index contributed by atoms with van der Waals surface area (Å²) in [5.74, 6) is 0.861. The van der Waals surface area contributed by atoms with Gasteiger partial charge < -0.3 is 10.2 Å². The zero-order valence-electron chi connectivity index (χ0n) is 13.7. The van der Waals surface area contributed by atoms with Crippen molar-refractivity contribution in [1.29, 1.82) is 0 Å². The molecule has 0 aromatic heterocycles. The highest BCUT2D eigenvalue weighted by molar-refractivity contribution is 6.30. The maximum Gasteiger partial charge on any atom is 0.254 e. The van der Waals surface area contributed by atoms with Crippen molar-refractivity contribution in [3.63, 3.8) is 0 Å². The summed E-state index contributed by atoms with van der Waals surface area (Å²) in [7, 11) is 0. The van der Waals surface area contributed by atoms with Crippen molar-refractivity contribution in [2.24, 2.45) is 11.8 Å². The van der Waals surface area contributed by atoms with Crippen LogP contribution in [0.15, 0.2) is 48.5 Å². The summed E-state index contributed by atoms with van der Waals surface area (Å²) in [4.78, 5) is 27.8. The summed E-state index contributed by atoms with van der Waals surface area (Å²) in [5.41, 5.74) is 1.47. The number of rotatable bonds is 3. The monoisotopic (exact) mass is 354 g/mol. The molecule has 2 atom stereocenters. The third-order valence-electron chi connectivity index (χ3n) is 5.19. The topological polar surface area (TPSA) is 49.4 Å². The zero-order chi connectivity index (χ0) is 17.4. The molecule has 2 heterocycles. The van der Waals surface area contributed by atoms with Crippen molar-refractivity contribution in [3.8, 4) is 0 Å². The summed E-state index contributed by atoms with van der Waals surface area (Å²) in [6, 6.07) is 13.8. The SMILES string of the molecule is O=C(c1ccc(Cl)cc1)c1ccccc1C(=O)N1C[C@H]2CNC[C@H]2C1. The first-order valence-corrected chi connectivity index (χ1v) is 8.90. The van der Waals surface area contributed by atoms with Crippen molar-refractivity contribution in [2.75, 3.05) is 26.2 Å². The largest absolute Gasteiger partial charge is 0.338 e. The van der Waals surface area contributed by atoms with Crippen LogP contribution in [0.2, 0.25) is 5.02 Å². The fourth-order valence-electron chi connectivity index (χ4n) is 3.82. The van der Waals surface area contributed by atoms with E-state index in [4.69, 9.17) is 11.6 Å². The molecule has 128 valence electrons. The van der Waals surface area contributed by atoms with Crippen LogP contribution in [0.4, 0.5) is 0 Å². The highest BCUT2D eigenvalue weighted by atomic mass is 35.5. The van der Waals surface area contributed by atoms with Crippen LogP contribution in [-0.2, 0) is 0 Å². The molecule has 0 radical (unpaired) electrons. The van der Waals surface area contributed by atoms with Crippen LogP contribution in [0.5, 0.6) is 0 Å². The van der Waals surface area contributed by atoms with Crippen LogP contribution in [-0.4, -0.2) is 42.8 Å². The summed E-state index contributed by atoms with van der Waals surface area (Å²) in [6.45, 7) is 3.47. The molecule has 5 heteroatoms. The lowest BCUT2D eigenvalue weighted by atomic mass is 9.97. The summed E-state index contributed by atoms with van der Waals surface area (Å²) < 4.78 is 0. The molecular weight excluding hydrogens is 336 g/mol. The van der Waals surface area contributed by atoms with Gasteiger partial charge in [0.15, 0.2) is 5.78 Å². The Labute approximate surface area is 151 Å². The van der Waals surface area contributed by atoms with E-state index in [0.717, 1.165) is 26.2 Å². The summed E-state index contributed by atoms with van der Waals surface area (Å²) >= 11 is 5.90. The lowest BCUT2D eigenvalue weighted by Gasteiger charge is -2.19. The number of carbonyl (C=O) groups is 2. The lowest BCUT2D eigenvalue weighted by molar-refractivity contribution is 0.0777. The predicted octanol–water partition coefficient (Wildman–Crippen LogP) is 2.86. The van der Waals surface area contributed by atoms with Gasteiger partial charge in [0.1, 0.15) is 0 Å². The van der Waals surface area contributed by atoms with Gasteiger partial charge >= 0.3 is 0 Å². The number of ketones is 1. The lowest BCUT2D eigenvalue weighted by Crippen LogP contribution is -2.32. The van der Waals surface area contributed by atoms with Crippen molar-refractivity contribution < 1.29 is 9.59 Å². The van der Waals surface area contributed by atoms with Crippen molar-refractivity contribution in [2.45, 2.75) is 0 Å². The van der Waals surface area contributed by atoms with Gasteiger partial charge in [0, 0.05) is 42.3 Å². The van der Waals surface area contributed by atoms with E-state index in [9.17, 15) is 9.59 Å². The van der Waals surface area contributed by atoms with Gasteiger partial charge in [-0.2, -0.15) is 0 Å². The Hall–Kier alpha value is -2.17. The molecule has 1 amide bonds. The molecule has 0 saturated carbocycles. The fourth-order valence-corrected chi connectivity index (χ4v) is 3.94. The first-order valence-electron chi connectivity index (χ1n) is 8.53. The van der Waals surface area contributed by atoms with Gasteiger partial charge in [-0.25, -0.2) is 0 Å². The molecule has 2 aromatic rings. The molecule has 0 unspecified atom stereocenters. The molecule has 4 rings (SSSR count). The van der Waals surface area contributed by atoms with E-state index in [1.54, 1.807) is 42.5 Å². The number of hydrogen-bond donors (Lipinski definition) is 1. The third kappa shape index (κ3) is 3.08. The molecular formula is C20H19ClN2O2. The van der Waals surface area contributed by atoms with Crippen molar-refractivity contribution >= 4 is 23.3 Å². The quantitative estimate of drug-likeness (QED) is 0.862. The molecule has 0 spiro atoms. The van der Waals surface area contributed by atoms with Gasteiger partial charge in [0.05, 0.1) is 5.56 Å². The highest BCUT2D eigenvalue weighted by Gasteiger charge is 2.38. The number of carbonyl (C=O) groups excluding carboxylic acids is 2. The Morgan fingerprint density at radius 2 is 1.52 bits per heavy atom. The van der Waals surface area contributed by atoms with Crippen LogP contribution < -0.4 is 5.32 Å². The second-order valence-electron chi connectivity index (χ2n) is 6.77. The zero-order valence-corrected chi connectivity index (χ0v) is 14.5. The molecule has 0 aliphatic carbocycles. The summed E-state index contributed by atoms with van der Waals surface area (Å²) in [5, 5.41) is 3.96. The first kappa shape index (κ1) is 16.3. The number of halogens is 1. The van der Waals surface area contributed by atoms with E-state index in [1.807, 2.05) is 11.0 Å². The second kappa shape index (κ2) is 6.62. The van der Waals surface area contributed by atoms with Gasteiger partial charge in [-0.15, -0.1) is 0 Å². The van der Waals surface area contributed by atoms with Gasteiger partial charge in [0.25, 0.3) is 5.91 Å². The molecule has 2 aromatic carbocycles. The standard InChI is InChI=1S/C20H19ClN2O2/c21-16-7-5-13(6-8-16)19(24)17-3-1-2-4-18(17)20(25)23-11-14-9-22-10-15(14)12-23/h1-8,14-15,22H,9-12H2/t14-,15+. The average molecular weight is 355 g/mol. The van der Waals surface area contributed by atoms with E-state index in [1.165, 1.54) is 0 Å². The third-order valence-corrected chi connectivity index (χ3v) is 5.44. The number of likely N-dealkylation sites (tertiary alicyclic amines) is 1. The minimum atomic E-state index is -0.151. The predicted molar refractivity (Wildman–Crippen MR) is 97.1 cm³/mol. The number of benzene rings is 2. The van der Waals surface area contributed by atoms with Gasteiger partial charge in [0.2, 0.25) is 0 Å². The Balaban J connectivity index is 1.61. The molecule has 1 N–H and O–H groups in total. The Morgan fingerprint density at radius 1 is 0.920 bits per heavy atom. The molecule has 2 aliphatic rings. The van der Waals surface area contributed by atoms with Crippen LogP contribution in [0.3, 0.4) is 0 Å². The van der Waals surface area contributed by atoms with E-state index in [0.29, 0.717) is 33.5 Å². The van der Waals surface area contributed by atoms with E-state index in [2.05, 4.69) is 5.32 Å². The van der Waals surface area contributed by atoms with E-state index in [-0.39, 0.29) is 11.7 Å². The van der Waals surface area contributed by atoms with Crippen LogP contribution >= 0.6 is 11.6 Å². The number of nitrogens with one attached hydrogen (secondary N) is 1. The number of amides is 1. The Kier molecular flexibility index (Phi) is 4.32. The maximum atomic E-state index is 13.0. The van der Waals surface area contributed by atoms with Gasteiger partial charge in [-0.3, -0.25) is 9.59 Å². The normalized spacial score (nSPS) is 22.0. The maximum absolute atomic E-state index is 13.0. The summed E-state index contributed by atoms with van der Waals surface area (Å²) in [6.07, 6.45) is 0. The highest BCUT2D eigenvalue weighted by Crippen LogP contribution is 2.28. The van der Waals surface area contributed by atoms with Crippen molar-refractivity contribution in [1.82, 2.24) is 10.2 Å². The molecule has 0 bridgehead atoms. The average Bonchev–Trinajstić information content (AvgIpc) is 3.23. The van der Waals surface area contributed by atoms with Crippen LogP contribution in [0.1, 0.15) is 26.3 Å².